The van der Waals surface area contributed by atoms with Crippen LogP contribution in [0.1, 0.15) is 23.7 Å². The molecule has 0 radical (unpaired) electrons. The molecule has 1 aliphatic heterocycles. The van der Waals surface area contributed by atoms with Gasteiger partial charge in [-0.1, -0.05) is 13.0 Å². The number of aromatic nitrogens is 2. The third-order valence-corrected chi connectivity index (χ3v) is 4.33. The maximum absolute atomic E-state index is 12.5. The standard InChI is InChI=1S/C18H22F3N3O3/c1-4-24(8-13-5-6-15-16(7-13)27-11-26-15)9-14-12(2)22-23(3)17(14)25-10-18(19,20)21/h5-7H,4,8-11H2,1-3H3. The Morgan fingerprint density at radius 2 is 1.96 bits per heavy atom. The summed E-state index contributed by atoms with van der Waals surface area (Å²) >= 11 is 0. The second-order valence-corrected chi connectivity index (χ2v) is 6.39. The lowest BCUT2D eigenvalue weighted by molar-refractivity contribution is -0.154. The van der Waals surface area contributed by atoms with E-state index in [1.807, 2.05) is 25.1 Å². The highest BCUT2D eigenvalue weighted by molar-refractivity contribution is 5.44. The van der Waals surface area contributed by atoms with Crippen molar-refractivity contribution in [3.63, 3.8) is 0 Å². The van der Waals surface area contributed by atoms with Crippen molar-refractivity contribution >= 4 is 0 Å². The molecule has 0 fully saturated rings. The van der Waals surface area contributed by atoms with Crippen LogP contribution in [-0.4, -0.2) is 40.8 Å². The summed E-state index contributed by atoms with van der Waals surface area (Å²) in [5.74, 6) is 1.57. The first-order valence-electron chi connectivity index (χ1n) is 8.59. The number of aryl methyl sites for hydroxylation is 2. The molecule has 0 spiro atoms. The van der Waals surface area contributed by atoms with Gasteiger partial charge in [0.05, 0.1) is 11.3 Å². The molecule has 1 aliphatic rings. The predicted octanol–water partition coefficient (Wildman–Crippen LogP) is 3.42. The quantitative estimate of drug-likeness (QED) is 0.731. The Balaban J connectivity index is 1.74. The molecule has 148 valence electrons. The number of nitrogens with zero attached hydrogens (tertiary/aromatic N) is 3. The van der Waals surface area contributed by atoms with E-state index in [2.05, 4.69) is 10.00 Å². The summed E-state index contributed by atoms with van der Waals surface area (Å²) in [6, 6.07) is 5.73. The largest absolute Gasteiger partial charge is 0.468 e. The highest BCUT2D eigenvalue weighted by Crippen LogP contribution is 2.33. The highest BCUT2D eigenvalue weighted by Gasteiger charge is 2.30. The number of halogens is 3. The van der Waals surface area contributed by atoms with Gasteiger partial charge in [0.25, 0.3) is 0 Å². The molecule has 2 heterocycles. The second-order valence-electron chi connectivity index (χ2n) is 6.39. The van der Waals surface area contributed by atoms with Gasteiger partial charge in [-0.2, -0.15) is 18.3 Å². The van der Waals surface area contributed by atoms with Gasteiger partial charge < -0.3 is 14.2 Å². The van der Waals surface area contributed by atoms with Crippen molar-refractivity contribution in [1.82, 2.24) is 14.7 Å². The van der Waals surface area contributed by atoms with Crippen LogP contribution in [0.4, 0.5) is 13.2 Å². The molecular weight excluding hydrogens is 363 g/mol. The number of fused-ring (bicyclic) bond motifs is 1. The average molecular weight is 385 g/mol. The number of alkyl halides is 3. The van der Waals surface area contributed by atoms with Crippen molar-refractivity contribution in [2.24, 2.45) is 7.05 Å². The van der Waals surface area contributed by atoms with Crippen LogP contribution >= 0.6 is 0 Å². The molecule has 9 heteroatoms. The van der Waals surface area contributed by atoms with E-state index in [-0.39, 0.29) is 12.7 Å². The topological polar surface area (TPSA) is 48.8 Å². The fourth-order valence-electron chi connectivity index (χ4n) is 2.99. The van der Waals surface area contributed by atoms with Gasteiger partial charge in [-0.15, -0.1) is 0 Å². The molecule has 0 saturated carbocycles. The molecule has 0 amide bonds. The summed E-state index contributed by atoms with van der Waals surface area (Å²) in [5.41, 5.74) is 2.34. The summed E-state index contributed by atoms with van der Waals surface area (Å²) in [4.78, 5) is 2.10. The first-order valence-corrected chi connectivity index (χ1v) is 8.59. The first kappa shape index (κ1) is 19.3. The minimum Gasteiger partial charge on any atom is -0.468 e. The monoisotopic (exact) mass is 385 g/mol. The third kappa shape index (κ3) is 4.65. The SMILES string of the molecule is CCN(Cc1ccc2c(c1)OCO2)Cc1c(C)nn(C)c1OCC(F)(F)F. The number of ether oxygens (including phenoxy) is 3. The number of rotatable bonds is 7. The van der Waals surface area contributed by atoms with E-state index in [9.17, 15) is 13.2 Å². The summed E-state index contributed by atoms with van der Waals surface area (Å²) < 4.78 is 54.7. The van der Waals surface area contributed by atoms with E-state index in [1.165, 1.54) is 4.68 Å². The molecule has 0 bridgehead atoms. The van der Waals surface area contributed by atoms with E-state index < -0.39 is 12.8 Å². The van der Waals surface area contributed by atoms with Crippen LogP contribution in [0.15, 0.2) is 18.2 Å². The summed E-state index contributed by atoms with van der Waals surface area (Å²) in [7, 11) is 1.58. The summed E-state index contributed by atoms with van der Waals surface area (Å²) in [6.45, 7) is 4.39. The Morgan fingerprint density at radius 1 is 1.22 bits per heavy atom. The molecule has 0 saturated heterocycles. The van der Waals surface area contributed by atoms with Gasteiger partial charge in [-0.3, -0.25) is 4.90 Å². The van der Waals surface area contributed by atoms with E-state index >= 15 is 0 Å². The molecular formula is C18H22F3N3O3. The minimum absolute atomic E-state index is 0.147. The van der Waals surface area contributed by atoms with Crippen molar-refractivity contribution in [3.05, 3.63) is 35.0 Å². The Labute approximate surface area is 155 Å². The molecule has 0 atom stereocenters. The van der Waals surface area contributed by atoms with Crippen molar-refractivity contribution in [2.45, 2.75) is 33.1 Å². The molecule has 0 unspecified atom stereocenters. The Morgan fingerprint density at radius 3 is 2.67 bits per heavy atom. The average Bonchev–Trinajstić information content (AvgIpc) is 3.16. The fraction of sp³-hybridized carbons (Fsp3) is 0.500. The van der Waals surface area contributed by atoms with Gasteiger partial charge in [-0.25, -0.2) is 4.68 Å². The van der Waals surface area contributed by atoms with Crippen LogP contribution in [0.3, 0.4) is 0 Å². The minimum atomic E-state index is -4.40. The second kappa shape index (κ2) is 7.67. The van der Waals surface area contributed by atoms with Gasteiger partial charge in [0.1, 0.15) is 0 Å². The zero-order chi connectivity index (χ0) is 19.6. The van der Waals surface area contributed by atoms with Crippen molar-refractivity contribution < 1.29 is 27.4 Å². The molecule has 2 aromatic rings. The smallest absolute Gasteiger partial charge is 0.422 e. The summed E-state index contributed by atoms with van der Waals surface area (Å²) in [5, 5.41) is 4.21. The summed E-state index contributed by atoms with van der Waals surface area (Å²) in [6.07, 6.45) is -4.40. The Hall–Kier alpha value is -2.42. The number of benzene rings is 1. The maximum Gasteiger partial charge on any atom is 0.422 e. The molecule has 27 heavy (non-hydrogen) atoms. The Kier molecular flexibility index (Phi) is 5.50. The zero-order valence-electron chi connectivity index (χ0n) is 15.5. The van der Waals surface area contributed by atoms with E-state index in [0.29, 0.717) is 42.4 Å². The number of hydrogen-bond acceptors (Lipinski definition) is 5. The highest BCUT2D eigenvalue weighted by atomic mass is 19.4. The van der Waals surface area contributed by atoms with Crippen LogP contribution in [0.25, 0.3) is 0 Å². The van der Waals surface area contributed by atoms with Crippen LogP contribution in [-0.2, 0) is 20.1 Å². The lowest BCUT2D eigenvalue weighted by Gasteiger charge is -2.21. The lowest BCUT2D eigenvalue weighted by atomic mass is 10.1. The van der Waals surface area contributed by atoms with Gasteiger partial charge in [0.15, 0.2) is 18.1 Å². The molecule has 6 nitrogen and oxygen atoms in total. The lowest BCUT2D eigenvalue weighted by Crippen LogP contribution is -2.24. The van der Waals surface area contributed by atoms with Gasteiger partial charge in [-0.05, 0) is 31.2 Å². The first-order chi connectivity index (χ1) is 12.8. The number of hydrogen-bond donors (Lipinski definition) is 0. The van der Waals surface area contributed by atoms with Gasteiger partial charge in [0.2, 0.25) is 12.7 Å². The molecule has 0 aliphatic carbocycles. The normalized spacial score (nSPS) is 13.4. The van der Waals surface area contributed by atoms with Gasteiger partial charge >= 0.3 is 6.18 Å². The van der Waals surface area contributed by atoms with E-state index in [1.54, 1.807) is 14.0 Å². The van der Waals surface area contributed by atoms with Gasteiger partial charge in [0, 0.05) is 20.1 Å². The molecule has 1 aromatic heterocycles. The maximum atomic E-state index is 12.5. The van der Waals surface area contributed by atoms with Crippen LogP contribution < -0.4 is 14.2 Å². The van der Waals surface area contributed by atoms with Crippen molar-refractivity contribution in [2.75, 3.05) is 19.9 Å². The fourth-order valence-corrected chi connectivity index (χ4v) is 2.99. The molecule has 1 aromatic carbocycles. The van der Waals surface area contributed by atoms with E-state index in [0.717, 1.165) is 5.56 Å². The molecule has 0 N–H and O–H groups in total. The predicted molar refractivity (Wildman–Crippen MR) is 91.8 cm³/mol. The zero-order valence-corrected chi connectivity index (χ0v) is 15.5. The van der Waals surface area contributed by atoms with Crippen molar-refractivity contribution in [3.8, 4) is 17.4 Å². The third-order valence-electron chi connectivity index (χ3n) is 4.33. The van der Waals surface area contributed by atoms with Crippen molar-refractivity contribution in [1.29, 1.82) is 0 Å². The van der Waals surface area contributed by atoms with Crippen LogP contribution in [0.5, 0.6) is 17.4 Å². The van der Waals surface area contributed by atoms with Crippen LogP contribution in [0, 0.1) is 6.92 Å². The van der Waals surface area contributed by atoms with E-state index in [4.69, 9.17) is 14.2 Å². The Bertz CT molecular complexity index is 805. The van der Waals surface area contributed by atoms with Crippen LogP contribution in [0.2, 0.25) is 0 Å². The molecule has 3 rings (SSSR count).